The highest BCUT2D eigenvalue weighted by Gasteiger charge is 2.08. The maximum atomic E-state index is 12.6. The Morgan fingerprint density at radius 3 is 2.65 bits per heavy atom. The van der Waals surface area contributed by atoms with Crippen molar-refractivity contribution < 1.29 is 4.74 Å². The lowest BCUT2D eigenvalue weighted by Crippen LogP contribution is -2.21. The van der Waals surface area contributed by atoms with Gasteiger partial charge in [-0.1, -0.05) is 28.1 Å². The van der Waals surface area contributed by atoms with Gasteiger partial charge in [-0.05, 0) is 42.0 Å². The van der Waals surface area contributed by atoms with Crippen molar-refractivity contribution in [3.8, 4) is 5.75 Å². The average Bonchev–Trinajstić information content (AvgIpc) is 2.61. The van der Waals surface area contributed by atoms with Gasteiger partial charge >= 0.3 is 0 Å². The summed E-state index contributed by atoms with van der Waals surface area (Å²) in [6.07, 6.45) is 1.63. The first-order valence-corrected chi connectivity index (χ1v) is 8.10. The molecule has 0 aliphatic rings. The molecule has 3 rings (SSSR count). The van der Waals surface area contributed by atoms with Gasteiger partial charge in [-0.25, -0.2) is 4.98 Å². The number of halogens is 1. The van der Waals surface area contributed by atoms with Gasteiger partial charge in [0.05, 0.1) is 29.6 Å². The van der Waals surface area contributed by atoms with Gasteiger partial charge in [0, 0.05) is 0 Å². The molecular weight excluding hydrogens is 358 g/mol. The van der Waals surface area contributed by atoms with Gasteiger partial charge in [-0.2, -0.15) is 9.78 Å². The third-order valence-electron chi connectivity index (χ3n) is 3.38. The molecule has 2 aromatic carbocycles. The van der Waals surface area contributed by atoms with Crippen LogP contribution in [0.3, 0.4) is 0 Å². The lowest BCUT2D eigenvalue weighted by atomic mass is 10.2. The molecule has 0 atom stereocenters. The Morgan fingerprint density at radius 2 is 1.96 bits per heavy atom. The second-order valence-corrected chi connectivity index (χ2v) is 5.37. The molecule has 0 radical (unpaired) electrons. The largest absolute Gasteiger partial charge is 0.497 e. The van der Waals surface area contributed by atoms with Crippen molar-refractivity contribution in [2.75, 3.05) is 7.11 Å². The van der Waals surface area contributed by atoms with Crippen LogP contribution in [0.15, 0.2) is 58.4 Å². The van der Waals surface area contributed by atoms with E-state index in [1.165, 1.54) is 4.68 Å². The van der Waals surface area contributed by atoms with E-state index in [0.29, 0.717) is 22.1 Å². The van der Waals surface area contributed by atoms with Crippen LogP contribution in [0.2, 0.25) is 0 Å². The van der Waals surface area contributed by atoms with E-state index in [9.17, 15) is 4.79 Å². The van der Waals surface area contributed by atoms with Crippen molar-refractivity contribution in [3.05, 3.63) is 70.3 Å². The highest BCUT2D eigenvalue weighted by Crippen LogP contribution is 2.11. The van der Waals surface area contributed by atoms with Gasteiger partial charge in [0.1, 0.15) is 11.6 Å². The zero-order chi connectivity index (χ0) is 16.2. The Bertz CT molecular complexity index is 917. The summed E-state index contributed by atoms with van der Waals surface area (Å²) >= 11 is 3.36. The van der Waals surface area contributed by atoms with E-state index in [2.05, 4.69) is 26.0 Å². The standard InChI is InChI=1S/C17H14BrN3O2/c1-23-13-8-6-12(7-9-13)11-19-21-16(10-18)20-15-5-3-2-4-14(15)17(21)22/h2-9,11H,10H2,1H3/b19-11+. The molecule has 0 aliphatic heterocycles. The second kappa shape index (κ2) is 6.75. The molecule has 1 aromatic heterocycles. The van der Waals surface area contributed by atoms with Crippen LogP contribution in [-0.4, -0.2) is 23.0 Å². The molecule has 0 saturated carbocycles. The minimum Gasteiger partial charge on any atom is -0.497 e. The van der Waals surface area contributed by atoms with E-state index in [1.54, 1.807) is 19.4 Å². The number of rotatable bonds is 4. The normalized spacial score (nSPS) is 11.2. The van der Waals surface area contributed by atoms with Crippen molar-refractivity contribution in [2.45, 2.75) is 5.33 Å². The van der Waals surface area contributed by atoms with Crippen LogP contribution in [0.4, 0.5) is 0 Å². The van der Waals surface area contributed by atoms with Gasteiger partial charge in [0.15, 0.2) is 0 Å². The zero-order valence-corrected chi connectivity index (χ0v) is 14.0. The van der Waals surface area contributed by atoms with Crippen molar-refractivity contribution in [3.63, 3.8) is 0 Å². The second-order valence-electron chi connectivity index (χ2n) is 4.81. The van der Waals surface area contributed by atoms with Crippen LogP contribution in [0.1, 0.15) is 11.4 Å². The highest BCUT2D eigenvalue weighted by atomic mass is 79.9. The number of hydrogen-bond donors (Lipinski definition) is 0. The number of ether oxygens (including phenoxy) is 1. The van der Waals surface area contributed by atoms with Gasteiger partial charge in [0.2, 0.25) is 0 Å². The number of hydrogen-bond acceptors (Lipinski definition) is 4. The fraction of sp³-hybridized carbons (Fsp3) is 0.118. The molecule has 0 aliphatic carbocycles. The van der Waals surface area contributed by atoms with Crippen LogP contribution in [0.5, 0.6) is 5.75 Å². The first kappa shape index (κ1) is 15.4. The quantitative estimate of drug-likeness (QED) is 0.522. The average molecular weight is 372 g/mol. The zero-order valence-electron chi connectivity index (χ0n) is 12.4. The summed E-state index contributed by atoms with van der Waals surface area (Å²) in [6, 6.07) is 14.7. The van der Waals surface area contributed by atoms with Crippen LogP contribution in [-0.2, 0) is 5.33 Å². The monoisotopic (exact) mass is 371 g/mol. The Hall–Kier alpha value is -2.47. The van der Waals surface area contributed by atoms with E-state index in [0.717, 1.165) is 11.3 Å². The number of alkyl halides is 1. The fourth-order valence-electron chi connectivity index (χ4n) is 2.19. The number of para-hydroxylation sites is 1. The summed E-state index contributed by atoms with van der Waals surface area (Å²) in [5, 5.41) is 5.28. The summed E-state index contributed by atoms with van der Waals surface area (Å²) in [5.41, 5.74) is 1.35. The molecule has 5 nitrogen and oxygen atoms in total. The first-order chi connectivity index (χ1) is 11.2. The van der Waals surface area contributed by atoms with Crippen LogP contribution in [0.25, 0.3) is 10.9 Å². The summed E-state index contributed by atoms with van der Waals surface area (Å²) < 4.78 is 6.44. The third-order valence-corrected chi connectivity index (χ3v) is 3.88. The Labute approximate surface area is 141 Å². The number of benzene rings is 2. The minimum atomic E-state index is -0.185. The highest BCUT2D eigenvalue weighted by molar-refractivity contribution is 9.08. The van der Waals surface area contributed by atoms with Crippen molar-refractivity contribution in [1.29, 1.82) is 0 Å². The SMILES string of the molecule is COc1ccc(/C=N/n2c(CBr)nc3ccccc3c2=O)cc1. The molecule has 0 N–H and O–H groups in total. The van der Waals surface area contributed by atoms with Gasteiger partial charge < -0.3 is 4.74 Å². The van der Waals surface area contributed by atoms with Gasteiger partial charge in [0.25, 0.3) is 5.56 Å². The van der Waals surface area contributed by atoms with E-state index < -0.39 is 0 Å². The van der Waals surface area contributed by atoms with E-state index in [1.807, 2.05) is 42.5 Å². The summed E-state index contributed by atoms with van der Waals surface area (Å²) in [6.45, 7) is 0. The number of aromatic nitrogens is 2. The molecular formula is C17H14BrN3O2. The molecule has 3 aromatic rings. The van der Waals surface area contributed by atoms with Crippen molar-refractivity contribution in [1.82, 2.24) is 9.66 Å². The maximum absolute atomic E-state index is 12.6. The van der Waals surface area contributed by atoms with Crippen molar-refractivity contribution in [2.24, 2.45) is 5.10 Å². The lowest BCUT2D eigenvalue weighted by Gasteiger charge is -2.06. The Morgan fingerprint density at radius 1 is 1.22 bits per heavy atom. The molecule has 0 unspecified atom stereocenters. The molecule has 1 heterocycles. The van der Waals surface area contributed by atoms with Crippen LogP contribution in [0, 0.1) is 0 Å². The molecule has 23 heavy (non-hydrogen) atoms. The van der Waals surface area contributed by atoms with E-state index in [4.69, 9.17) is 4.74 Å². The molecule has 0 spiro atoms. The maximum Gasteiger partial charge on any atom is 0.282 e. The molecule has 0 fully saturated rings. The molecule has 0 saturated heterocycles. The third kappa shape index (κ3) is 3.17. The first-order valence-electron chi connectivity index (χ1n) is 6.98. The number of nitrogens with zero attached hydrogens (tertiary/aromatic N) is 3. The summed E-state index contributed by atoms with van der Waals surface area (Å²) in [7, 11) is 1.62. The summed E-state index contributed by atoms with van der Waals surface area (Å²) in [5.74, 6) is 1.33. The van der Waals surface area contributed by atoms with E-state index in [-0.39, 0.29) is 5.56 Å². The van der Waals surface area contributed by atoms with Crippen LogP contribution < -0.4 is 10.3 Å². The molecule has 6 heteroatoms. The smallest absolute Gasteiger partial charge is 0.282 e. The molecule has 116 valence electrons. The molecule has 0 amide bonds. The van der Waals surface area contributed by atoms with Crippen LogP contribution >= 0.6 is 15.9 Å². The molecule has 0 bridgehead atoms. The number of fused-ring (bicyclic) bond motifs is 1. The van der Waals surface area contributed by atoms with E-state index >= 15 is 0 Å². The lowest BCUT2D eigenvalue weighted by molar-refractivity contribution is 0.415. The fourth-order valence-corrected chi connectivity index (χ4v) is 2.55. The Kier molecular flexibility index (Phi) is 4.52. The topological polar surface area (TPSA) is 56.5 Å². The van der Waals surface area contributed by atoms with Gasteiger partial charge in [-0.3, -0.25) is 4.79 Å². The predicted molar refractivity (Wildman–Crippen MR) is 94.6 cm³/mol. The van der Waals surface area contributed by atoms with Gasteiger partial charge in [-0.15, -0.1) is 0 Å². The number of methoxy groups -OCH3 is 1. The van der Waals surface area contributed by atoms with Crippen molar-refractivity contribution >= 4 is 33.0 Å². The summed E-state index contributed by atoms with van der Waals surface area (Å²) in [4.78, 5) is 17.1. The predicted octanol–water partition coefficient (Wildman–Crippen LogP) is 3.18. The minimum absolute atomic E-state index is 0.185. The Balaban J connectivity index is 2.05.